The molecular formula is C10H12O7. The molecule has 0 aliphatic carbocycles. The van der Waals surface area contributed by atoms with Crippen LogP contribution in [0.15, 0.2) is 24.8 Å². The predicted molar refractivity (Wildman–Crippen MR) is 55.3 cm³/mol. The Labute approximate surface area is 96.9 Å². The van der Waals surface area contributed by atoms with E-state index in [1.165, 1.54) is 0 Å². The molecule has 1 aliphatic heterocycles. The molecule has 1 rings (SSSR count). The molecule has 7 heteroatoms. The van der Waals surface area contributed by atoms with Gasteiger partial charge in [-0.15, -0.1) is 0 Å². The Bertz CT molecular complexity index is 312. The smallest absolute Gasteiger partial charge is 0.330 e. The molecular weight excluding hydrogens is 232 g/mol. The summed E-state index contributed by atoms with van der Waals surface area (Å²) < 4.78 is 9.42. The van der Waals surface area contributed by atoms with Gasteiger partial charge in [0.25, 0.3) is 0 Å². The Morgan fingerprint density at radius 3 is 2.06 bits per heavy atom. The number of aliphatic carboxylic acids is 2. The summed E-state index contributed by atoms with van der Waals surface area (Å²) >= 11 is 0. The number of hydrogen-bond donors (Lipinski definition) is 2. The standard InChI is InChI=1S/C6H8O3.C4H4O4/c1-2-6(7)9-4-5-3-8-5;5-3(6)1-2-4(7)8/h2,5H,1,3-4H2;1-2H,(H,5,6)(H,7,8)/b;2-1-. The quantitative estimate of drug-likeness (QED) is 0.392. The second kappa shape index (κ2) is 8.05. The summed E-state index contributed by atoms with van der Waals surface area (Å²) in [5, 5.41) is 15.6. The van der Waals surface area contributed by atoms with Crippen molar-refractivity contribution >= 4 is 17.9 Å². The highest BCUT2D eigenvalue weighted by Gasteiger charge is 2.23. The molecule has 0 saturated carbocycles. The highest BCUT2D eigenvalue weighted by molar-refractivity contribution is 5.89. The third kappa shape index (κ3) is 11.8. The predicted octanol–water partition coefficient (Wildman–Crippen LogP) is -0.174. The third-order valence-electron chi connectivity index (χ3n) is 1.35. The minimum Gasteiger partial charge on any atom is -0.478 e. The van der Waals surface area contributed by atoms with E-state index >= 15 is 0 Å². The first-order chi connectivity index (χ1) is 7.95. The van der Waals surface area contributed by atoms with Crippen LogP contribution in [0.2, 0.25) is 0 Å². The fourth-order valence-electron chi connectivity index (χ4n) is 0.541. The Morgan fingerprint density at radius 2 is 1.76 bits per heavy atom. The topological polar surface area (TPSA) is 113 Å². The van der Waals surface area contributed by atoms with Gasteiger partial charge in [-0.3, -0.25) is 0 Å². The molecule has 17 heavy (non-hydrogen) atoms. The first-order valence-electron chi connectivity index (χ1n) is 4.50. The lowest BCUT2D eigenvalue weighted by atomic mass is 10.5. The summed E-state index contributed by atoms with van der Waals surface area (Å²) in [5.41, 5.74) is 0. The largest absolute Gasteiger partial charge is 0.478 e. The summed E-state index contributed by atoms with van der Waals surface area (Å²) in [5.74, 6) is -2.90. The van der Waals surface area contributed by atoms with Crippen molar-refractivity contribution in [2.24, 2.45) is 0 Å². The molecule has 94 valence electrons. The number of carboxylic acids is 2. The van der Waals surface area contributed by atoms with Crippen LogP contribution in [0.5, 0.6) is 0 Å². The third-order valence-corrected chi connectivity index (χ3v) is 1.35. The summed E-state index contributed by atoms with van der Waals surface area (Å²) in [6, 6.07) is 0. The van der Waals surface area contributed by atoms with Crippen molar-refractivity contribution in [2.45, 2.75) is 6.10 Å². The van der Waals surface area contributed by atoms with E-state index in [0.717, 1.165) is 6.08 Å². The van der Waals surface area contributed by atoms with Crippen LogP contribution in [0, 0.1) is 0 Å². The van der Waals surface area contributed by atoms with Crippen LogP contribution >= 0.6 is 0 Å². The lowest BCUT2D eigenvalue weighted by Gasteiger charge is -1.94. The fourth-order valence-corrected chi connectivity index (χ4v) is 0.541. The monoisotopic (exact) mass is 244 g/mol. The molecule has 7 nitrogen and oxygen atoms in total. The Morgan fingerprint density at radius 1 is 1.29 bits per heavy atom. The van der Waals surface area contributed by atoms with E-state index in [2.05, 4.69) is 11.3 Å². The van der Waals surface area contributed by atoms with Crippen molar-refractivity contribution in [1.82, 2.24) is 0 Å². The average Bonchev–Trinajstić information content (AvgIpc) is 3.07. The Hall–Kier alpha value is -2.15. The number of epoxide rings is 1. The lowest BCUT2D eigenvalue weighted by Crippen LogP contribution is -2.06. The molecule has 1 atom stereocenters. The van der Waals surface area contributed by atoms with Gasteiger partial charge in [0, 0.05) is 18.2 Å². The second-order valence-electron chi connectivity index (χ2n) is 2.80. The number of carbonyl (C=O) groups is 3. The molecule has 1 fully saturated rings. The van der Waals surface area contributed by atoms with Gasteiger partial charge in [-0.1, -0.05) is 6.58 Å². The van der Waals surface area contributed by atoms with Crippen molar-refractivity contribution < 1.29 is 34.1 Å². The molecule has 0 amide bonds. The van der Waals surface area contributed by atoms with Crippen molar-refractivity contribution in [3.05, 3.63) is 24.8 Å². The van der Waals surface area contributed by atoms with Crippen molar-refractivity contribution in [3.8, 4) is 0 Å². The van der Waals surface area contributed by atoms with Crippen LogP contribution in [0.25, 0.3) is 0 Å². The van der Waals surface area contributed by atoms with Crippen LogP contribution in [0.4, 0.5) is 0 Å². The number of hydrogen-bond acceptors (Lipinski definition) is 5. The number of carboxylic acid groups (broad SMARTS) is 2. The van der Waals surface area contributed by atoms with E-state index in [1.807, 2.05) is 0 Å². The zero-order chi connectivity index (χ0) is 13.3. The zero-order valence-corrected chi connectivity index (χ0v) is 8.87. The van der Waals surface area contributed by atoms with Gasteiger partial charge in [0.2, 0.25) is 0 Å². The van der Waals surface area contributed by atoms with Crippen LogP contribution in [0.3, 0.4) is 0 Å². The van der Waals surface area contributed by atoms with Crippen LogP contribution in [0.1, 0.15) is 0 Å². The molecule has 0 aromatic heterocycles. The number of ether oxygens (including phenoxy) is 2. The molecule has 0 aromatic rings. The average molecular weight is 244 g/mol. The molecule has 2 N–H and O–H groups in total. The van der Waals surface area contributed by atoms with Gasteiger partial charge in [0.15, 0.2) is 0 Å². The van der Waals surface area contributed by atoms with Crippen molar-refractivity contribution in [2.75, 3.05) is 13.2 Å². The van der Waals surface area contributed by atoms with E-state index in [0.29, 0.717) is 25.4 Å². The summed E-state index contributed by atoms with van der Waals surface area (Å²) in [6.07, 6.45) is 2.40. The molecule has 1 unspecified atom stereocenters. The minimum absolute atomic E-state index is 0.147. The van der Waals surface area contributed by atoms with Crippen LogP contribution < -0.4 is 0 Å². The Balaban J connectivity index is 0.000000304. The highest BCUT2D eigenvalue weighted by atomic mass is 16.6. The highest BCUT2D eigenvalue weighted by Crippen LogP contribution is 2.08. The normalized spacial score (nSPS) is 16.6. The van der Waals surface area contributed by atoms with Gasteiger partial charge >= 0.3 is 17.9 Å². The lowest BCUT2D eigenvalue weighted by molar-refractivity contribution is -0.138. The van der Waals surface area contributed by atoms with E-state index in [-0.39, 0.29) is 12.1 Å². The van der Waals surface area contributed by atoms with Gasteiger partial charge in [-0.2, -0.15) is 0 Å². The summed E-state index contributed by atoms with van der Waals surface area (Å²) in [7, 11) is 0. The first kappa shape index (κ1) is 14.8. The second-order valence-corrected chi connectivity index (χ2v) is 2.80. The zero-order valence-electron chi connectivity index (χ0n) is 8.87. The number of esters is 1. The van der Waals surface area contributed by atoms with Crippen LogP contribution in [-0.2, 0) is 23.9 Å². The van der Waals surface area contributed by atoms with Gasteiger partial charge in [-0.05, 0) is 0 Å². The molecule has 1 heterocycles. The number of rotatable bonds is 5. The van der Waals surface area contributed by atoms with Crippen molar-refractivity contribution in [1.29, 1.82) is 0 Å². The molecule has 0 aromatic carbocycles. The SMILES string of the molecule is C=CC(=O)OCC1CO1.O=C(O)/C=C\C(=O)O. The van der Waals surface area contributed by atoms with Crippen molar-refractivity contribution in [3.63, 3.8) is 0 Å². The molecule has 0 radical (unpaired) electrons. The van der Waals surface area contributed by atoms with Crippen LogP contribution in [-0.4, -0.2) is 47.4 Å². The summed E-state index contributed by atoms with van der Waals surface area (Å²) in [6.45, 7) is 4.32. The molecule has 0 spiro atoms. The van der Waals surface area contributed by atoms with Gasteiger partial charge in [0.05, 0.1) is 6.61 Å². The van der Waals surface area contributed by atoms with Gasteiger partial charge < -0.3 is 19.7 Å². The van der Waals surface area contributed by atoms with E-state index in [1.54, 1.807) is 0 Å². The van der Waals surface area contributed by atoms with E-state index in [4.69, 9.17) is 14.9 Å². The first-order valence-corrected chi connectivity index (χ1v) is 4.50. The molecule has 1 saturated heterocycles. The summed E-state index contributed by atoms with van der Waals surface area (Å²) in [4.78, 5) is 29.5. The maximum absolute atomic E-state index is 10.3. The Kier molecular flexibility index (Phi) is 7.04. The maximum Gasteiger partial charge on any atom is 0.330 e. The minimum atomic E-state index is -1.26. The molecule has 0 bridgehead atoms. The van der Waals surface area contributed by atoms with E-state index in [9.17, 15) is 14.4 Å². The molecule has 1 aliphatic rings. The maximum atomic E-state index is 10.3. The van der Waals surface area contributed by atoms with Gasteiger partial charge in [-0.25, -0.2) is 14.4 Å². The van der Waals surface area contributed by atoms with Gasteiger partial charge in [0.1, 0.15) is 12.7 Å². The number of carbonyl (C=O) groups excluding carboxylic acids is 1. The fraction of sp³-hybridized carbons (Fsp3) is 0.300. The van der Waals surface area contributed by atoms with E-state index < -0.39 is 11.9 Å².